The smallest absolute Gasteiger partial charge is 0.354 e. The number of aromatic carboxylic acids is 1. The van der Waals surface area contributed by atoms with Crippen LogP contribution in [0.1, 0.15) is 48.7 Å². The summed E-state index contributed by atoms with van der Waals surface area (Å²) in [4.78, 5) is 17.2. The largest absolute Gasteiger partial charge is 0.477 e. The van der Waals surface area contributed by atoms with E-state index >= 15 is 0 Å². The van der Waals surface area contributed by atoms with Crippen LogP contribution in [0.3, 0.4) is 0 Å². The van der Waals surface area contributed by atoms with Crippen molar-refractivity contribution in [2.75, 3.05) is 13.1 Å². The second kappa shape index (κ2) is 6.66. The maximum Gasteiger partial charge on any atom is 0.354 e. The lowest BCUT2D eigenvalue weighted by atomic mass is 9.98. The van der Waals surface area contributed by atoms with E-state index in [1.54, 1.807) is 12.3 Å². The van der Waals surface area contributed by atoms with Gasteiger partial charge in [0.2, 0.25) is 0 Å². The maximum atomic E-state index is 10.9. The number of likely N-dealkylation sites (tertiary alicyclic amines) is 1. The topological polar surface area (TPSA) is 53.4 Å². The molecule has 2 rings (SSSR count). The molecule has 0 bridgehead atoms. The van der Waals surface area contributed by atoms with E-state index in [0.717, 1.165) is 31.1 Å². The third-order valence-corrected chi connectivity index (χ3v) is 3.97. The number of carboxylic acids is 1. The monoisotopic (exact) mass is 262 g/mol. The summed E-state index contributed by atoms with van der Waals surface area (Å²) < 4.78 is 0. The quantitative estimate of drug-likeness (QED) is 0.906. The van der Waals surface area contributed by atoms with Crippen LogP contribution in [0, 0.1) is 5.92 Å². The summed E-state index contributed by atoms with van der Waals surface area (Å²) in [6.45, 7) is 5.33. The molecular formula is C15H22N2O2. The van der Waals surface area contributed by atoms with Gasteiger partial charge in [-0.25, -0.2) is 9.78 Å². The Morgan fingerprint density at radius 2 is 2.32 bits per heavy atom. The first-order valence-electron chi connectivity index (χ1n) is 7.09. The first-order chi connectivity index (χ1) is 9.19. The molecular weight excluding hydrogens is 240 g/mol. The molecule has 1 N–H and O–H groups in total. The standard InChI is InChI=1S/C15H22N2O2/c1-2-12-4-3-8-17(9-6-12)11-13-5-7-16-14(10-13)15(18)19/h5,7,10,12H,2-4,6,8-9,11H2,1H3,(H,18,19). The molecule has 0 aliphatic carbocycles. The minimum Gasteiger partial charge on any atom is -0.477 e. The number of carboxylic acid groups (broad SMARTS) is 1. The highest BCUT2D eigenvalue weighted by atomic mass is 16.4. The van der Waals surface area contributed by atoms with E-state index in [-0.39, 0.29) is 5.69 Å². The molecule has 2 heterocycles. The highest BCUT2D eigenvalue weighted by molar-refractivity contribution is 5.85. The van der Waals surface area contributed by atoms with Crippen molar-refractivity contribution in [1.29, 1.82) is 0 Å². The van der Waals surface area contributed by atoms with Gasteiger partial charge in [0, 0.05) is 12.7 Å². The molecule has 0 spiro atoms. The van der Waals surface area contributed by atoms with Crippen molar-refractivity contribution in [3.05, 3.63) is 29.6 Å². The lowest BCUT2D eigenvalue weighted by molar-refractivity contribution is 0.0690. The van der Waals surface area contributed by atoms with Crippen LogP contribution in [-0.2, 0) is 6.54 Å². The molecule has 0 aromatic carbocycles. The highest BCUT2D eigenvalue weighted by Crippen LogP contribution is 2.21. The number of nitrogens with zero attached hydrogens (tertiary/aromatic N) is 2. The summed E-state index contributed by atoms with van der Waals surface area (Å²) in [5.41, 5.74) is 1.18. The molecule has 0 amide bonds. The lowest BCUT2D eigenvalue weighted by Gasteiger charge is -2.20. The van der Waals surface area contributed by atoms with E-state index in [9.17, 15) is 4.79 Å². The summed E-state index contributed by atoms with van der Waals surface area (Å²) in [6.07, 6.45) is 6.68. The van der Waals surface area contributed by atoms with Gasteiger partial charge in [-0.3, -0.25) is 4.90 Å². The summed E-state index contributed by atoms with van der Waals surface area (Å²) in [5, 5.41) is 8.95. The Balaban J connectivity index is 1.97. The first kappa shape index (κ1) is 14.0. The van der Waals surface area contributed by atoms with Crippen LogP contribution in [-0.4, -0.2) is 34.0 Å². The van der Waals surface area contributed by atoms with Crippen LogP contribution >= 0.6 is 0 Å². The summed E-state index contributed by atoms with van der Waals surface area (Å²) >= 11 is 0. The minimum absolute atomic E-state index is 0.138. The van der Waals surface area contributed by atoms with Gasteiger partial charge >= 0.3 is 5.97 Å². The Morgan fingerprint density at radius 1 is 1.47 bits per heavy atom. The van der Waals surface area contributed by atoms with Crippen molar-refractivity contribution in [2.45, 2.75) is 39.2 Å². The Bertz CT molecular complexity index is 434. The van der Waals surface area contributed by atoms with Gasteiger partial charge in [0.25, 0.3) is 0 Å². The van der Waals surface area contributed by atoms with Gasteiger partial charge in [-0.15, -0.1) is 0 Å². The zero-order valence-electron chi connectivity index (χ0n) is 11.5. The molecule has 1 aromatic heterocycles. The summed E-state index contributed by atoms with van der Waals surface area (Å²) in [6, 6.07) is 3.60. The Morgan fingerprint density at radius 3 is 3.05 bits per heavy atom. The van der Waals surface area contributed by atoms with Crippen molar-refractivity contribution in [2.24, 2.45) is 5.92 Å². The zero-order valence-corrected chi connectivity index (χ0v) is 11.5. The first-order valence-corrected chi connectivity index (χ1v) is 7.09. The Hall–Kier alpha value is -1.42. The Kier molecular flexibility index (Phi) is 4.91. The van der Waals surface area contributed by atoms with E-state index in [1.165, 1.54) is 25.7 Å². The number of pyridine rings is 1. The van der Waals surface area contributed by atoms with Gasteiger partial charge in [0.1, 0.15) is 5.69 Å². The van der Waals surface area contributed by atoms with Crippen LogP contribution in [0.2, 0.25) is 0 Å². The van der Waals surface area contributed by atoms with Crippen LogP contribution in [0.4, 0.5) is 0 Å². The van der Waals surface area contributed by atoms with Gasteiger partial charge in [-0.1, -0.05) is 13.3 Å². The molecule has 104 valence electrons. The van der Waals surface area contributed by atoms with Gasteiger partial charge < -0.3 is 5.11 Å². The molecule has 0 saturated carbocycles. The predicted octanol–water partition coefficient (Wildman–Crippen LogP) is 2.79. The number of aromatic nitrogens is 1. The van der Waals surface area contributed by atoms with Crippen LogP contribution in [0.15, 0.2) is 18.3 Å². The van der Waals surface area contributed by atoms with Crippen LogP contribution < -0.4 is 0 Å². The van der Waals surface area contributed by atoms with E-state index < -0.39 is 5.97 Å². The SMILES string of the molecule is CCC1CCCN(Cc2ccnc(C(=O)O)c2)CC1. The van der Waals surface area contributed by atoms with Crippen LogP contribution in [0.5, 0.6) is 0 Å². The minimum atomic E-state index is -0.955. The molecule has 0 radical (unpaired) electrons. The van der Waals surface area contributed by atoms with E-state index in [0.29, 0.717) is 0 Å². The van der Waals surface area contributed by atoms with E-state index in [1.807, 2.05) is 6.07 Å². The average molecular weight is 262 g/mol. The number of hydrogen-bond donors (Lipinski definition) is 1. The summed E-state index contributed by atoms with van der Waals surface area (Å²) in [7, 11) is 0. The van der Waals surface area contributed by atoms with Crippen LogP contribution in [0.25, 0.3) is 0 Å². The Labute approximate surface area is 114 Å². The molecule has 1 fully saturated rings. The van der Waals surface area contributed by atoms with E-state index in [4.69, 9.17) is 5.11 Å². The van der Waals surface area contributed by atoms with Crippen molar-refractivity contribution in [3.63, 3.8) is 0 Å². The fourth-order valence-electron chi connectivity index (χ4n) is 2.74. The maximum absolute atomic E-state index is 10.9. The van der Waals surface area contributed by atoms with Crippen molar-refractivity contribution in [3.8, 4) is 0 Å². The summed E-state index contributed by atoms with van der Waals surface area (Å²) in [5.74, 6) is -0.0965. The zero-order chi connectivity index (χ0) is 13.7. The van der Waals surface area contributed by atoms with Crippen molar-refractivity contribution < 1.29 is 9.90 Å². The second-order valence-electron chi connectivity index (χ2n) is 5.34. The molecule has 1 atom stereocenters. The van der Waals surface area contributed by atoms with Gasteiger partial charge in [0.15, 0.2) is 0 Å². The van der Waals surface area contributed by atoms with Gasteiger partial charge in [0.05, 0.1) is 0 Å². The molecule has 19 heavy (non-hydrogen) atoms. The average Bonchev–Trinajstić information content (AvgIpc) is 2.64. The highest BCUT2D eigenvalue weighted by Gasteiger charge is 2.16. The second-order valence-corrected chi connectivity index (χ2v) is 5.34. The third kappa shape index (κ3) is 4.03. The predicted molar refractivity (Wildman–Crippen MR) is 74.1 cm³/mol. The third-order valence-electron chi connectivity index (χ3n) is 3.97. The normalized spacial score (nSPS) is 21.0. The van der Waals surface area contributed by atoms with Crippen molar-refractivity contribution in [1.82, 2.24) is 9.88 Å². The number of rotatable bonds is 4. The number of carbonyl (C=O) groups is 1. The van der Waals surface area contributed by atoms with Crippen molar-refractivity contribution >= 4 is 5.97 Å². The molecule has 1 aliphatic rings. The molecule has 1 saturated heterocycles. The van der Waals surface area contributed by atoms with E-state index in [2.05, 4.69) is 16.8 Å². The lowest BCUT2D eigenvalue weighted by Crippen LogP contribution is -2.24. The molecule has 1 unspecified atom stereocenters. The molecule has 1 aromatic rings. The fraction of sp³-hybridized carbons (Fsp3) is 0.600. The van der Waals surface area contributed by atoms with Gasteiger partial charge in [-0.2, -0.15) is 0 Å². The fourth-order valence-corrected chi connectivity index (χ4v) is 2.74. The molecule has 1 aliphatic heterocycles. The van der Waals surface area contributed by atoms with Gasteiger partial charge in [-0.05, 0) is 56.0 Å². The molecule has 4 heteroatoms. The molecule has 4 nitrogen and oxygen atoms in total. The number of hydrogen-bond acceptors (Lipinski definition) is 3.